The van der Waals surface area contributed by atoms with Crippen LogP contribution >= 0.6 is 11.6 Å². The SMILES string of the molecule is Cc1ccc(C(=O)N2CCN(CC(C)O)CC2)cc1Cl. The molecule has 4 nitrogen and oxygen atoms in total. The number of hydrogen-bond donors (Lipinski definition) is 1. The first kappa shape index (κ1) is 15.3. The van der Waals surface area contributed by atoms with E-state index in [1.165, 1.54) is 0 Å². The predicted octanol–water partition coefficient (Wildman–Crippen LogP) is 1.79. The summed E-state index contributed by atoms with van der Waals surface area (Å²) in [4.78, 5) is 16.4. The molecule has 1 aliphatic rings. The van der Waals surface area contributed by atoms with E-state index in [-0.39, 0.29) is 12.0 Å². The second-order valence-electron chi connectivity index (χ2n) is 5.41. The maximum absolute atomic E-state index is 12.4. The molecule has 1 N–H and O–H groups in total. The lowest BCUT2D eigenvalue weighted by Gasteiger charge is -2.35. The average molecular weight is 297 g/mol. The summed E-state index contributed by atoms with van der Waals surface area (Å²) in [5.74, 6) is 0.0311. The number of piperazine rings is 1. The molecule has 1 unspecified atom stereocenters. The van der Waals surface area contributed by atoms with Crippen molar-refractivity contribution in [1.29, 1.82) is 0 Å². The number of aliphatic hydroxyl groups excluding tert-OH is 1. The number of aryl methyl sites for hydroxylation is 1. The third-order valence-corrected chi connectivity index (χ3v) is 4.01. The zero-order valence-corrected chi connectivity index (χ0v) is 12.7. The largest absolute Gasteiger partial charge is 0.392 e. The van der Waals surface area contributed by atoms with Crippen molar-refractivity contribution in [3.8, 4) is 0 Å². The third-order valence-electron chi connectivity index (χ3n) is 3.60. The Balaban J connectivity index is 1.96. The number of nitrogens with zero attached hydrogens (tertiary/aromatic N) is 2. The molecule has 0 radical (unpaired) electrons. The minimum Gasteiger partial charge on any atom is -0.392 e. The van der Waals surface area contributed by atoms with Crippen molar-refractivity contribution >= 4 is 17.5 Å². The van der Waals surface area contributed by atoms with Gasteiger partial charge in [0.1, 0.15) is 0 Å². The van der Waals surface area contributed by atoms with Gasteiger partial charge in [-0.2, -0.15) is 0 Å². The molecule has 5 heteroatoms. The predicted molar refractivity (Wildman–Crippen MR) is 80.2 cm³/mol. The smallest absolute Gasteiger partial charge is 0.253 e. The van der Waals surface area contributed by atoms with Crippen LogP contribution in [-0.4, -0.2) is 59.6 Å². The molecule has 1 amide bonds. The molecule has 20 heavy (non-hydrogen) atoms. The van der Waals surface area contributed by atoms with E-state index < -0.39 is 0 Å². The maximum Gasteiger partial charge on any atom is 0.253 e. The van der Waals surface area contributed by atoms with Gasteiger partial charge in [-0.15, -0.1) is 0 Å². The summed E-state index contributed by atoms with van der Waals surface area (Å²) in [5, 5.41) is 10.0. The molecule has 0 spiro atoms. The van der Waals surface area contributed by atoms with E-state index in [9.17, 15) is 9.90 Å². The minimum atomic E-state index is -0.326. The van der Waals surface area contributed by atoms with Crippen molar-refractivity contribution in [2.24, 2.45) is 0 Å². The Bertz CT molecular complexity index is 483. The summed E-state index contributed by atoms with van der Waals surface area (Å²) in [6.45, 7) is 7.36. The standard InChI is InChI=1S/C15H21ClN2O2/c1-11-3-4-13(9-14(11)16)15(20)18-7-5-17(6-8-18)10-12(2)19/h3-4,9,12,19H,5-8,10H2,1-2H3. The number of benzene rings is 1. The van der Waals surface area contributed by atoms with Gasteiger partial charge in [-0.05, 0) is 31.5 Å². The van der Waals surface area contributed by atoms with Gasteiger partial charge in [0.05, 0.1) is 6.10 Å². The van der Waals surface area contributed by atoms with Crippen LogP contribution in [0.3, 0.4) is 0 Å². The monoisotopic (exact) mass is 296 g/mol. The highest BCUT2D eigenvalue weighted by Gasteiger charge is 2.22. The minimum absolute atomic E-state index is 0.0311. The van der Waals surface area contributed by atoms with Crippen LogP contribution in [0, 0.1) is 6.92 Å². The summed E-state index contributed by atoms with van der Waals surface area (Å²) < 4.78 is 0. The van der Waals surface area contributed by atoms with Gasteiger partial charge in [0, 0.05) is 43.3 Å². The fourth-order valence-electron chi connectivity index (χ4n) is 2.42. The molecule has 1 saturated heterocycles. The van der Waals surface area contributed by atoms with Gasteiger partial charge in [-0.3, -0.25) is 9.69 Å². The molecule has 0 aliphatic carbocycles. The van der Waals surface area contributed by atoms with Crippen molar-refractivity contribution < 1.29 is 9.90 Å². The van der Waals surface area contributed by atoms with Crippen molar-refractivity contribution in [1.82, 2.24) is 9.80 Å². The fraction of sp³-hybridized carbons (Fsp3) is 0.533. The van der Waals surface area contributed by atoms with Crippen molar-refractivity contribution in [3.05, 3.63) is 34.3 Å². The number of carbonyl (C=O) groups excluding carboxylic acids is 1. The first-order chi connectivity index (χ1) is 9.47. The van der Waals surface area contributed by atoms with Crippen LogP contribution in [0.1, 0.15) is 22.8 Å². The van der Waals surface area contributed by atoms with Gasteiger partial charge in [0.25, 0.3) is 5.91 Å². The average Bonchev–Trinajstić information content (AvgIpc) is 2.41. The highest BCUT2D eigenvalue weighted by molar-refractivity contribution is 6.31. The highest BCUT2D eigenvalue weighted by atomic mass is 35.5. The summed E-state index contributed by atoms with van der Waals surface area (Å²) in [7, 11) is 0. The molecule has 1 aliphatic heterocycles. The van der Waals surface area contributed by atoms with Crippen molar-refractivity contribution in [2.75, 3.05) is 32.7 Å². The summed E-state index contributed by atoms with van der Waals surface area (Å²) in [5.41, 5.74) is 1.62. The van der Waals surface area contributed by atoms with E-state index in [1.807, 2.05) is 24.0 Å². The molecule has 1 atom stereocenters. The molecule has 1 aromatic carbocycles. The Kier molecular flexibility index (Phi) is 5.02. The topological polar surface area (TPSA) is 43.8 Å². The van der Waals surface area contributed by atoms with Gasteiger partial charge in [-0.25, -0.2) is 0 Å². The lowest BCUT2D eigenvalue weighted by atomic mass is 10.1. The van der Waals surface area contributed by atoms with Crippen LogP contribution in [0.5, 0.6) is 0 Å². The van der Waals surface area contributed by atoms with Crippen LogP contribution in [0.15, 0.2) is 18.2 Å². The Labute approximate surface area is 124 Å². The summed E-state index contributed by atoms with van der Waals surface area (Å²) in [6.07, 6.45) is -0.326. The number of aliphatic hydroxyl groups is 1. The summed E-state index contributed by atoms with van der Waals surface area (Å²) >= 11 is 6.07. The molecule has 0 saturated carbocycles. The Hall–Kier alpha value is -1.10. The first-order valence-corrected chi connectivity index (χ1v) is 7.31. The summed E-state index contributed by atoms with van der Waals surface area (Å²) in [6, 6.07) is 5.44. The van der Waals surface area contributed by atoms with Crippen molar-refractivity contribution in [2.45, 2.75) is 20.0 Å². The molecule has 110 valence electrons. The van der Waals surface area contributed by atoms with Crippen LogP contribution in [0.25, 0.3) is 0 Å². The van der Waals surface area contributed by atoms with Gasteiger partial charge in [-0.1, -0.05) is 17.7 Å². The molecular formula is C15H21ClN2O2. The fourth-order valence-corrected chi connectivity index (χ4v) is 2.60. The second kappa shape index (κ2) is 6.57. The van der Waals surface area contributed by atoms with E-state index in [0.29, 0.717) is 30.2 Å². The molecule has 1 aromatic rings. The third kappa shape index (κ3) is 3.72. The number of rotatable bonds is 3. The van der Waals surface area contributed by atoms with Crippen LogP contribution in [0.2, 0.25) is 5.02 Å². The Morgan fingerprint density at radius 2 is 2.00 bits per heavy atom. The molecule has 1 heterocycles. The lowest BCUT2D eigenvalue weighted by molar-refractivity contribution is 0.0554. The number of β-amino-alcohol motifs (C(OH)–C–C–N with tert-alkyl or cyclic N) is 1. The van der Waals surface area contributed by atoms with Crippen LogP contribution in [-0.2, 0) is 0 Å². The van der Waals surface area contributed by atoms with E-state index >= 15 is 0 Å². The van der Waals surface area contributed by atoms with E-state index in [0.717, 1.165) is 18.7 Å². The normalized spacial score (nSPS) is 18.1. The lowest BCUT2D eigenvalue weighted by Crippen LogP contribution is -2.50. The molecule has 0 aromatic heterocycles. The van der Waals surface area contributed by atoms with Gasteiger partial charge in [0.2, 0.25) is 0 Å². The van der Waals surface area contributed by atoms with E-state index in [2.05, 4.69) is 4.90 Å². The number of amides is 1. The quantitative estimate of drug-likeness (QED) is 0.925. The molecule has 0 bridgehead atoms. The van der Waals surface area contributed by atoms with E-state index in [1.54, 1.807) is 13.0 Å². The number of halogens is 1. The number of carbonyl (C=O) groups is 1. The zero-order chi connectivity index (χ0) is 14.7. The molecular weight excluding hydrogens is 276 g/mol. The second-order valence-corrected chi connectivity index (χ2v) is 5.81. The Morgan fingerprint density at radius 3 is 2.55 bits per heavy atom. The van der Waals surface area contributed by atoms with E-state index in [4.69, 9.17) is 11.6 Å². The van der Waals surface area contributed by atoms with Gasteiger partial charge < -0.3 is 10.0 Å². The zero-order valence-electron chi connectivity index (χ0n) is 12.0. The van der Waals surface area contributed by atoms with Crippen LogP contribution < -0.4 is 0 Å². The van der Waals surface area contributed by atoms with Gasteiger partial charge in [0.15, 0.2) is 0 Å². The number of hydrogen-bond acceptors (Lipinski definition) is 3. The Morgan fingerprint density at radius 1 is 1.35 bits per heavy atom. The highest BCUT2D eigenvalue weighted by Crippen LogP contribution is 2.18. The maximum atomic E-state index is 12.4. The van der Waals surface area contributed by atoms with Crippen LogP contribution in [0.4, 0.5) is 0 Å². The molecule has 2 rings (SSSR count). The first-order valence-electron chi connectivity index (χ1n) is 6.93. The molecule has 1 fully saturated rings. The van der Waals surface area contributed by atoms with Crippen molar-refractivity contribution in [3.63, 3.8) is 0 Å². The van der Waals surface area contributed by atoms with Gasteiger partial charge >= 0.3 is 0 Å².